The highest BCUT2D eigenvalue weighted by Crippen LogP contribution is 2.32. The van der Waals surface area contributed by atoms with Gasteiger partial charge in [-0.2, -0.15) is 0 Å². The monoisotopic (exact) mass is 514 g/mol. The van der Waals surface area contributed by atoms with Crippen LogP contribution in [0.1, 0.15) is 47.0 Å². The van der Waals surface area contributed by atoms with Crippen LogP contribution in [0, 0.1) is 11.3 Å². The molecule has 0 aromatic carbocycles. The van der Waals surface area contributed by atoms with E-state index in [0.717, 1.165) is 26.0 Å². The molecule has 9 heteroatoms. The first-order valence-corrected chi connectivity index (χ1v) is 10.1. The number of aliphatic hydroxyl groups is 1. The number of nitrogens with one attached hydrogen (secondary N) is 3. The highest BCUT2D eigenvalue weighted by molar-refractivity contribution is 14.0. The number of nitrogens with zero attached hydrogens (tertiary/aromatic N) is 1. The Balaban J connectivity index is 0.00000729. The lowest BCUT2D eigenvalue weighted by Gasteiger charge is -2.25. The number of halogens is 1. The van der Waals surface area contributed by atoms with Crippen molar-refractivity contribution in [2.24, 2.45) is 16.3 Å². The van der Waals surface area contributed by atoms with Crippen molar-refractivity contribution < 1.29 is 19.4 Å². The summed E-state index contributed by atoms with van der Waals surface area (Å²) in [5.74, 6) is 1.16. The second-order valence-corrected chi connectivity index (χ2v) is 7.54. The molecule has 28 heavy (non-hydrogen) atoms. The number of ether oxygens (including phenoxy) is 2. The van der Waals surface area contributed by atoms with Gasteiger partial charge in [-0.1, -0.05) is 13.8 Å². The minimum absolute atomic E-state index is 0. The summed E-state index contributed by atoms with van der Waals surface area (Å²) in [4.78, 5) is 16.5. The quantitative estimate of drug-likeness (QED) is 0.191. The summed E-state index contributed by atoms with van der Waals surface area (Å²) >= 11 is 0. The summed E-state index contributed by atoms with van der Waals surface area (Å²) < 4.78 is 10.5. The van der Waals surface area contributed by atoms with Crippen molar-refractivity contribution in [3.8, 4) is 0 Å². The first-order valence-electron chi connectivity index (χ1n) is 10.1. The van der Waals surface area contributed by atoms with E-state index in [2.05, 4.69) is 29.8 Å². The van der Waals surface area contributed by atoms with Gasteiger partial charge in [-0.3, -0.25) is 4.99 Å². The number of hydrogen-bond donors (Lipinski definition) is 4. The van der Waals surface area contributed by atoms with Crippen molar-refractivity contribution in [2.45, 2.75) is 53.0 Å². The largest absolute Gasteiger partial charge is 0.450 e. The molecule has 1 aliphatic rings. The summed E-state index contributed by atoms with van der Waals surface area (Å²) in [7, 11) is 0. The molecule has 1 amide bonds. The summed E-state index contributed by atoms with van der Waals surface area (Å²) in [6, 6.07) is -0.0471. The number of carbonyl (C=O) groups excluding carboxylic acids is 1. The molecule has 166 valence electrons. The Morgan fingerprint density at radius 1 is 1.32 bits per heavy atom. The minimum atomic E-state index is -0.392. The third kappa shape index (κ3) is 10.7. The zero-order chi connectivity index (χ0) is 20.1. The first-order chi connectivity index (χ1) is 12.9. The SMILES string of the molecule is CCNC(=NCC1(CCO)CCOC1)NCC(CC(C)C)NC(=O)OCC.I. The number of rotatable bonds is 11. The predicted octanol–water partition coefficient (Wildman–Crippen LogP) is 2.11. The number of aliphatic imine (C=N–C) groups is 1. The Kier molecular flexibility index (Phi) is 14.6. The van der Waals surface area contributed by atoms with Crippen LogP contribution in [0.3, 0.4) is 0 Å². The van der Waals surface area contributed by atoms with Gasteiger partial charge in [-0.15, -0.1) is 24.0 Å². The fourth-order valence-electron chi connectivity index (χ4n) is 3.20. The second-order valence-electron chi connectivity index (χ2n) is 7.54. The molecule has 0 saturated carbocycles. The highest BCUT2D eigenvalue weighted by Gasteiger charge is 2.34. The van der Waals surface area contributed by atoms with Crippen LogP contribution in [0.25, 0.3) is 0 Å². The maximum atomic E-state index is 11.8. The zero-order valence-corrected chi connectivity index (χ0v) is 20.1. The van der Waals surface area contributed by atoms with Gasteiger partial charge in [0.25, 0.3) is 0 Å². The zero-order valence-electron chi connectivity index (χ0n) is 17.8. The Hall–Kier alpha value is -0.810. The molecular weight excluding hydrogens is 475 g/mol. The van der Waals surface area contributed by atoms with Gasteiger partial charge in [0.15, 0.2) is 5.96 Å². The molecule has 1 rings (SSSR count). The molecule has 0 bridgehead atoms. The average molecular weight is 514 g/mol. The molecule has 1 saturated heterocycles. The maximum Gasteiger partial charge on any atom is 0.407 e. The second kappa shape index (κ2) is 15.1. The Bertz CT molecular complexity index is 457. The number of amides is 1. The van der Waals surface area contributed by atoms with Crippen LogP contribution >= 0.6 is 24.0 Å². The van der Waals surface area contributed by atoms with Crippen molar-refractivity contribution in [1.82, 2.24) is 16.0 Å². The Labute approximate surface area is 186 Å². The lowest BCUT2D eigenvalue weighted by atomic mass is 9.84. The maximum absolute atomic E-state index is 11.8. The average Bonchev–Trinajstić information content (AvgIpc) is 3.06. The standard InChI is InChI=1S/C19H38N4O4.HI/c1-5-20-17(22-13-19(7-9-24)8-10-26-14-19)21-12-16(11-15(3)4)23-18(25)27-6-2;/h15-16,24H,5-14H2,1-4H3,(H,23,25)(H2,20,21,22);1H. The van der Waals surface area contributed by atoms with Crippen molar-refractivity contribution in [1.29, 1.82) is 0 Å². The van der Waals surface area contributed by atoms with Crippen LogP contribution in [0.4, 0.5) is 4.79 Å². The summed E-state index contributed by atoms with van der Waals surface area (Å²) in [6.07, 6.45) is 2.05. The van der Waals surface area contributed by atoms with E-state index < -0.39 is 6.09 Å². The van der Waals surface area contributed by atoms with Gasteiger partial charge < -0.3 is 30.5 Å². The number of carbonyl (C=O) groups is 1. The predicted molar refractivity (Wildman–Crippen MR) is 122 cm³/mol. The molecule has 4 N–H and O–H groups in total. The summed E-state index contributed by atoms with van der Waals surface area (Å²) in [5, 5.41) is 18.8. The lowest BCUT2D eigenvalue weighted by Crippen LogP contribution is -2.48. The van der Waals surface area contributed by atoms with E-state index in [1.807, 2.05) is 6.92 Å². The highest BCUT2D eigenvalue weighted by atomic mass is 127. The molecule has 0 radical (unpaired) electrons. The molecule has 0 aromatic heterocycles. The van der Waals surface area contributed by atoms with Gasteiger partial charge in [-0.25, -0.2) is 4.79 Å². The van der Waals surface area contributed by atoms with Gasteiger partial charge in [-0.05, 0) is 39.0 Å². The summed E-state index contributed by atoms with van der Waals surface area (Å²) in [5.41, 5.74) is -0.0857. The molecule has 0 aromatic rings. The molecule has 8 nitrogen and oxygen atoms in total. The number of alkyl carbamates (subject to hydrolysis) is 1. The fourth-order valence-corrected chi connectivity index (χ4v) is 3.20. The molecule has 0 spiro atoms. The van der Waals surface area contributed by atoms with E-state index >= 15 is 0 Å². The van der Waals surface area contributed by atoms with Crippen molar-refractivity contribution in [2.75, 3.05) is 46.1 Å². The van der Waals surface area contributed by atoms with Gasteiger partial charge in [0.05, 0.1) is 19.8 Å². The molecule has 2 atom stereocenters. The van der Waals surface area contributed by atoms with E-state index in [4.69, 9.17) is 14.5 Å². The lowest BCUT2D eigenvalue weighted by molar-refractivity contribution is 0.131. The summed E-state index contributed by atoms with van der Waals surface area (Å²) in [6.45, 7) is 11.8. The van der Waals surface area contributed by atoms with Crippen molar-refractivity contribution >= 4 is 36.0 Å². The van der Waals surface area contributed by atoms with Crippen LogP contribution in [0.15, 0.2) is 4.99 Å². The van der Waals surface area contributed by atoms with Gasteiger partial charge in [0.1, 0.15) is 0 Å². The van der Waals surface area contributed by atoms with Gasteiger partial charge >= 0.3 is 6.09 Å². The molecule has 1 fully saturated rings. The molecule has 1 aliphatic heterocycles. The van der Waals surface area contributed by atoms with Gasteiger partial charge in [0, 0.05) is 37.8 Å². The van der Waals surface area contributed by atoms with Crippen LogP contribution in [-0.4, -0.2) is 69.3 Å². The molecule has 2 unspecified atom stereocenters. The number of guanidine groups is 1. The van der Waals surface area contributed by atoms with E-state index in [1.165, 1.54) is 0 Å². The van der Waals surface area contributed by atoms with E-state index in [9.17, 15) is 9.90 Å². The van der Waals surface area contributed by atoms with E-state index in [0.29, 0.717) is 44.6 Å². The van der Waals surface area contributed by atoms with Crippen molar-refractivity contribution in [3.05, 3.63) is 0 Å². The van der Waals surface area contributed by atoms with E-state index in [-0.39, 0.29) is 42.0 Å². The van der Waals surface area contributed by atoms with Crippen LogP contribution in [-0.2, 0) is 9.47 Å². The third-order valence-corrected chi connectivity index (χ3v) is 4.61. The Morgan fingerprint density at radius 2 is 2.07 bits per heavy atom. The first kappa shape index (κ1) is 27.2. The van der Waals surface area contributed by atoms with Crippen LogP contribution < -0.4 is 16.0 Å². The van der Waals surface area contributed by atoms with Crippen molar-refractivity contribution in [3.63, 3.8) is 0 Å². The van der Waals surface area contributed by atoms with Crippen LogP contribution in [0.5, 0.6) is 0 Å². The molecule has 1 heterocycles. The van der Waals surface area contributed by atoms with Crippen LogP contribution in [0.2, 0.25) is 0 Å². The molecule has 0 aliphatic carbocycles. The normalized spacial score (nSPS) is 20.4. The fraction of sp³-hybridized carbons (Fsp3) is 0.895. The van der Waals surface area contributed by atoms with E-state index in [1.54, 1.807) is 6.92 Å². The Morgan fingerprint density at radius 3 is 2.61 bits per heavy atom. The third-order valence-electron chi connectivity index (χ3n) is 4.61. The minimum Gasteiger partial charge on any atom is -0.450 e. The molecular formula is C19H39IN4O4. The van der Waals surface area contributed by atoms with Gasteiger partial charge in [0.2, 0.25) is 0 Å². The topological polar surface area (TPSA) is 104 Å². The smallest absolute Gasteiger partial charge is 0.407 e. The number of hydrogen-bond acceptors (Lipinski definition) is 5. The number of aliphatic hydroxyl groups excluding tert-OH is 1.